The van der Waals surface area contributed by atoms with Crippen molar-refractivity contribution < 1.29 is 14.5 Å². The maximum Gasteiger partial charge on any atom is 0.271 e. The second-order valence-electron chi connectivity index (χ2n) is 5.25. The van der Waals surface area contributed by atoms with E-state index < -0.39 is 4.92 Å². The van der Waals surface area contributed by atoms with Crippen LogP contribution in [0.5, 0.6) is 5.75 Å². The number of aryl methyl sites for hydroxylation is 1. The number of non-ortho nitro benzene ring substituents is 1. The average molecular weight is 338 g/mol. The maximum absolute atomic E-state index is 12.0. The summed E-state index contributed by atoms with van der Waals surface area (Å²) in [4.78, 5) is 22.3. The Bertz CT molecular complexity index is 811. The molecule has 0 bridgehead atoms. The highest BCUT2D eigenvalue weighted by molar-refractivity contribution is 6.02. The highest BCUT2D eigenvalue weighted by atomic mass is 16.6. The van der Waals surface area contributed by atoms with Gasteiger partial charge in [0.05, 0.1) is 10.6 Å². The third-order valence-electron chi connectivity index (χ3n) is 3.36. The number of carbonyl (C=O) groups excluding carboxylic acids is 1. The van der Waals surface area contributed by atoms with E-state index in [1.807, 2.05) is 12.1 Å². The van der Waals surface area contributed by atoms with Crippen molar-refractivity contribution in [1.82, 2.24) is 0 Å². The van der Waals surface area contributed by atoms with Gasteiger partial charge < -0.3 is 10.1 Å². The highest BCUT2D eigenvalue weighted by Gasteiger charge is 2.09. The predicted molar refractivity (Wildman–Crippen MR) is 97.6 cm³/mol. The zero-order valence-corrected chi connectivity index (χ0v) is 13.8. The van der Waals surface area contributed by atoms with E-state index in [1.165, 1.54) is 18.2 Å². The molecule has 0 aliphatic rings. The van der Waals surface area contributed by atoms with E-state index in [4.69, 9.17) is 4.74 Å². The first kappa shape index (κ1) is 17.9. The molecule has 0 radical (unpaired) electrons. The summed E-state index contributed by atoms with van der Waals surface area (Å²) in [6.45, 7) is 5.78. The zero-order chi connectivity index (χ0) is 18.2. The minimum absolute atomic E-state index is 0.0695. The molecule has 0 fully saturated rings. The van der Waals surface area contributed by atoms with E-state index in [0.29, 0.717) is 18.0 Å². The Kier molecular flexibility index (Phi) is 6.06. The van der Waals surface area contributed by atoms with E-state index in [2.05, 4.69) is 11.9 Å². The van der Waals surface area contributed by atoms with Crippen molar-refractivity contribution in [3.05, 3.63) is 82.4 Å². The molecule has 1 N–H and O–H groups in total. The molecule has 2 rings (SSSR count). The fraction of sp³-hybridized carbons (Fsp3) is 0.105. The molecule has 0 aliphatic heterocycles. The quantitative estimate of drug-likeness (QED) is 0.356. The Morgan fingerprint density at radius 3 is 2.64 bits per heavy atom. The van der Waals surface area contributed by atoms with E-state index in [1.54, 1.807) is 37.3 Å². The first-order valence-electron chi connectivity index (χ1n) is 7.57. The van der Waals surface area contributed by atoms with Crippen molar-refractivity contribution in [3.8, 4) is 5.75 Å². The molecule has 1 amide bonds. The lowest BCUT2D eigenvalue weighted by Crippen LogP contribution is -2.09. The number of nitrogens with zero attached hydrogens (tertiary/aromatic N) is 1. The molecule has 0 spiro atoms. The Balaban J connectivity index is 2.02. The van der Waals surface area contributed by atoms with Gasteiger partial charge in [0.1, 0.15) is 12.4 Å². The SMILES string of the molecule is C=CCOc1ccc(/C=C/C(=O)Nc2cc([N+](=O)[O-])ccc2C)cc1. The first-order valence-corrected chi connectivity index (χ1v) is 7.57. The summed E-state index contributed by atoms with van der Waals surface area (Å²) in [5.74, 6) is 0.351. The summed E-state index contributed by atoms with van der Waals surface area (Å²) in [5.41, 5.74) is 1.92. The molecule has 2 aromatic carbocycles. The first-order chi connectivity index (χ1) is 12.0. The number of benzene rings is 2. The second kappa shape index (κ2) is 8.44. The Morgan fingerprint density at radius 1 is 1.28 bits per heavy atom. The Morgan fingerprint density at radius 2 is 2.00 bits per heavy atom. The molecule has 2 aromatic rings. The van der Waals surface area contributed by atoms with E-state index in [0.717, 1.165) is 11.1 Å². The monoisotopic (exact) mass is 338 g/mol. The number of nitro benzene ring substituents is 1. The molecule has 128 valence electrons. The number of carbonyl (C=O) groups is 1. The van der Waals surface area contributed by atoms with E-state index in [9.17, 15) is 14.9 Å². The van der Waals surface area contributed by atoms with Gasteiger partial charge in [-0.2, -0.15) is 0 Å². The standard InChI is InChI=1S/C19H18N2O4/c1-3-12-25-17-9-5-15(6-10-17)7-11-19(22)20-18-13-16(21(23)24)8-4-14(18)2/h3-11,13H,1,12H2,2H3,(H,20,22)/b11-7+. The number of hydrogen-bond acceptors (Lipinski definition) is 4. The summed E-state index contributed by atoms with van der Waals surface area (Å²) in [5, 5.41) is 13.5. The Hall–Kier alpha value is -3.41. The van der Waals surface area contributed by atoms with Gasteiger partial charge in [0, 0.05) is 18.2 Å². The third-order valence-corrected chi connectivity index (χ3v) is 3.36. The summed E-state index contributed by atoms with van der Waals surface area (Å²) in [6.07, 6.45) is 4.69. The molecule has 0 saturated heterocycles. The number of nitrogens with one attached hydrogen (secondary N) is 1. The number of nitro groups is 1. The van der Waals surface area contributed by atoms with E-state index >= 15 is 0 Å². The van der Waals surface area contributed by atoms with Crippen molar-refractivity contribution in [2.45, 2.75) is 6.92 Å². The third kappa shape index (κ3) is 5.31. The molecule has 6 nitrogen and oxygen atoms in total. The van der Waals surface area contributed by atoms with Crippen LogP contribution < -0.4 is 10.1 Å². The minimum atomic E-state index is -0.499. The number of hydrogen-bond donors (Lipinski definition) is 1. The minimum Gasteiger partial charge on any atom is -0.490 e. The van der Waals surface area contributed by atoms with Gasteiger partial charge in [0.2, 0.25) is 5.91 Å². The Labute approximate surface area is 145 Å². The second-order valence-corrected chi connectivity index (χ2v) is 5.25. The molecule has 0 aromatic heterocycles. The van der Waals surface area contributed by atoms with Crippen LogP contribution in [0.25, 0.3) is 6.08 Å². The fourth-order valence-corrected chi connectivity index (χ4v) is 2.03. The van der Waals surface area contributed by atoms with Crippen LogP contribution >= 0.6 is 0 Å². The zero-order valence-electron chi connectivity index (χ0n) is 13.8. The van der Waals surface area contributed by atoms with Gasteiger partial charge in [-0.25, -0.2) is 0 Å². The lowest BCUT2D eigenvalue weighted by molar-refractivity contribution is -0.384. The van der Waals surface area contributed by atoms with Gasteiger partial charge in [-0.3, -0.25) is 14.9 Å². The van der Waals surface area contributed by atoms with Gasteiger partial charge >= 0.3 is 0 Å². The van der Waals surface area contributed by atoms with Crippen LogP contribution in [0.4, 0.5) is 11.4 Å². The number of anilines is 1. The highest BCUT2D eigenvalue weighted by Crippen LogP contribution is 2.22. The normalized spacial score (nSPS) is 10.4. The van der Waals surface area contributed by atoms with Crippen molar-refractivity contribution >= 4 is 23.4 Å². The van der Waals surface area contributed by atoms with Crippen molar-refractivity contribution in [2.24, 2.45) is 0 Å². The van der Waals surface area contributed by atoms with Crippen LogP contribution in [0.1, 0.15) is 11.1 Å². The lowest BCUT2D eigenvalue weighted by Gasteiger charge is -2.06. The van der Waals surface area contributed by atoms with Crippen LogP contribution in [-0.4, -0.2) is 17.4 Å². The number of amides is 1. The largest absolute Gasteiger partial charge is 0.490 e. The average Bonchev–Trinajstić information content (AvgIpc) is 2.60. The van der Waals surface area contributed by atoms with Gasteiger partial charge in [-0.15, -0.1) is 0 Å². The molecule has 0 atom stereocenters. The summed E-state index contributed by atoms with van der Waals surface area (Å²) in [7, 11) is 0. The van der Waals surface area contributed by atoms with Crippen LogP contribution in [0.3, 0.4) is 0 Å². The van der Waals surface area contributed by atoms with Crippen molar-refractivity contribution in [3.63, 3.8) is 0 Å². The number of ether oxygens (including phenoxy) is 1. The maximum atomic E-state index is 12.0. The van der Waals surface area contributed by atoms with E-state index in [-0.39, 0.29) is 11.6 Å². The molecule has 0 saturated carbocycles. The molecule has 0 aliphatic carbocycles. The topological polar surface area (TPSA) is 81.5 Å². The molecule has 0 unspecified atom stereocenters. The number of rotatable bonds is 7. The molecule has 0 heterocycles. The van der Waals surface area contributed by atoms with Crippen LogP contribution in [0.2, 0.25) is 0 Å². The van der Waals surface area contributed by atoms with Crippen molar-refractivity contribution in [1.29, 1.82) is 0 Å². The molecular weight excluding hydrogens is 320 g/mol. The predicted octanol–water partition coefficient (Wildman–Crippen LogP) is 4.12. The molecular formula is C19H18N2O4. The van der Waals surface area contributed by atoms with Gasteiger partial charge in [0.15, 0.2) is 0 Å². The summed E-state index contributed by atoms with van der Waals surface area (Å²) in [6, 6.07) is 11.6. The smallest absolute Gasteiger partial charge is 0.271 e. The lowest BCUT2D eigenvalue weighted by atomic mass is 10.1. The molecule has 6 heteroatoms. The fourth-order valence-electron chi connectivity index (χ4n) is 2.03. The van der Waals surface area contributed by atoms with Gasteiger partial charge in [0.25, 0.3) is 5.69 Å². The van der Waals surface area contributed by atoms with Crippen LogP contribution in [0.15, 0.2) is 61.2 Å². The van der Waals surface area contributed by atoms with Gasteiger partial charge in [-0.05, 0) is 36.3 Å². The summed E-state index contributed by atoms with van der Waals surface area (Å²) >= 11 is 0. The van der Waals surface area contributed by atoms with Crippen molar-refractivity contribution in [2.75, 3.05) is 11.9 Å². The van der Waals surface area contributed by atoms with Crippen LogP contribution in [0, 0.1) is 17.0 Å². The van der Waals surface area contributed by atoms with Gasteiger partial charge in [-0.1, -0.05) is 30.9 Å². The van der Waals surface area contributed by atoms with Crippen LogP contribution in [-0.2, 0) is 4.79 Å². The summed E-state index contributed by atoms with van der Waals surface area (Å²) < 4.78 is 5.38. The molecule has 25 heavy (non-hydrogen) atoms.